The van der Waals surface area contributed by atoms with Gasteiger partial charge in [-0.2, -0.15) is 4.39 Å². The molecule has 0 saturated heterocycles. The molecule has 0 aliphatic carbocycles. The fourth-order valence-corrected chi connectivity index (χ4v) is 1.02. The maximum Gasteiger partial charge on any atom is 0.269 e. The largest absolute Gasteiger partial charge is 0.269 e. The molecule has 0 N–H and O–H groups in total. The first kappa shape index (κ1) is 9.56. The molecule has 0 fully saturated rings. The van der Waals surface area contributed by atoms with Crippen LogP contribution in [0.5, 0.6) is 0 Å². The number of aromatic nitrogens is 1. The summed E-state index contributed by atoms with van der Waals surface area (Å²) in [5, 5.41) is -0.332. The van der Waals surface area contributed by atoms with Crippen LogP contribution in [-0.4, -0.2) is 4.98 Å². The topological polar surface area (TPSA) is 12.9 Å². The second-order valence-corrected chi connectivity index (χ2v) is 2.50. The molecule has 1 aromatic rings. The lowest BCUT2D eigenvalue weighted by atomic mass is 10.4. The number of halogens is 1. The number of thiazole rings is 1. The first-order chi connectivity index (χ1) is 4.83. The van der Waals surface area contributed by atoms with E-state index >= 15 is 0 Å². The maximum atomic E-state index is 12.0. The smallest absolute Gasteiger partial charge is 0.218 e. The Morgan fingerprint density at radius 1 is 1.60 bits per heavy atom. The zero-order valence-electron chi connectivity index (χ0n) is 6.52. The van der Waals surface area contributed by atoms with Crippen LogP contribution in [0.2, 0.25) is 0 Å². The van der Waals surface area contributed by atoms with Crippen LogP contribution in [0.25, 0.3) is 0 Å². The summed E-state index contributed by atoms with van der Waals surface area (Å²) in [7, 11) is 0. The van der Waals surface area contributed by atoms with Crippen LogP contribution in [0, 0.1) is 5.26 Å². The van der Waals surface area contributed by atoms with Gasteiger partial charge in [0.1, 0.15) is 0 Å². The second-order valence-electron chi connectivity index (χ2n) is 1.43. The van der Waals surface area contributed by atoms with E-state index in [4.69, 9.17) is 0 Å². The predicted molar refractivity (Wildman–Crippen MR) is 42.8 cm³/mol. The van der Waals surface area contributed by atoms with E-state index in [0.717, 1.165) is 22.6 Å². The van der Waals surface area contributed by atoms with Gasteiger partial charge < -0.3 is 0 Å². The van der Waals surface area contributed by atoms with Gasteiger partial charge >= 0.3 is 0 Å². The van der Waals surface area contributed by atoms with Crippen LogP contribution < -0.4 is 0 Å². The van der Waals surface area contributed by atoms with Crippen molar-refractivity contribution in [3.63, 3.8) is 0 Å². The van der Waals surface area contributed by atoms with Gasteiger partial charge in [0.15, 0.2) is 0 Å². The van der Waals surface area contributed by atoms with Crippen molar-refractivity contribution in [2.24, 2.45) is 0 Å². The normalized spacial score (nSPS) is 8.40. The van der Waals surface area contributed by atoms with E-state index in [0.29, 0.717) is 0 Å². The molecule has 1 aromatic heterocycles. The summed E-state index contributed by atoms with van der Waals surface area (Å²) >= 11 is 1.11. The Hall–Kier alpha value is -0.440. The average Bonchev–Trinajstić information content (AvgIpc) is 2.40. The highest BCUT2D eigenvalue weighted by Gasteiger charge is 1.94. The van der Waals surface area contributed by atoms with Crippen molar-refractivity contribution in [2.45, 2.75) is 27.2 Å². The Morgan fingerprint density at radius 2 is 2.20 bits per heavy atom. The third-order valence-corrected chi connectivity index (χ3v) is 1.80. The summed E-state index contributed by atoms with van der Waals surface area (Å²) in [5.41, 5.74) is 0. The van der Waals surface area contributed by atoms with Crippen molar-refractivity contribution in [3.8, 4) is 0 Å². The first-order valence-corrected chi connectivity index (χ1v) is 4.24. The summed E-state index contributed by atoms with van der Waals surface area (Å²) in [4.78, 5) is 4.44. The molecule has 1 nitrogen and oxygen atoms in total. The van der Waals surface area contributed by atoms with Crippen LogP contribution in [0.3, 0.4) is 0 Å². The quantitative estimate of drug-likeness (QED) is 0.617. The lowest BCUT2D eigenvalue weighted by molar-refractivity contribution is 0.617. The fourth-order valence-electron chi connectivity index (χ4n) is 0.447. The van der Waals surface area contributed by atoms with Gasteiger partial charge in [0.2, 0.25) is 0 Å². The van der Waals surface area contributed by atoms with E-state index < -0.39 is 0 Å². The fraction of sp³-hybridized carbons (Fsp3) is 0.571. The number of rotatable bonds is 1. The van der Waals surface area contributed by atoms with E-state index in [1.807, 2.05) is 20.8 Å². The van der Waals surface area contributed by atoms with E-state index in [1.54, 1.807) is 6.20 Å². The highest BCUT2D eigenvalue weighted by molar-refractivity contribution is 7.09. The highest BCUT2D eigenvalue weighted by Crippen LogP contribution is 2.10. The third kappa shape index (κ3) is 2.92. The zero-order valence-corrected chi connectivity index (χ0v) is 7.33. The lowest BCUT2D eigenvalue weighted by Gasteiger charge is -1.76. The summed E-state index contributed by atoms with van der Waals surface area (Å²) in [6.45, 7) is 5.98. The van der Waals surface area contributed by atoms with E-state index in [9.17, 15) is 4.39 Å². The van der Waals surface area contributed by atoms with Crippen LogP contribution in [0.15, 0.2) is 6.20 Å². The minimum Gasteiger partial charge on any atom is -0.218 e. The van der Waals surface area contributed by atoms with Gasteiger partial charge in [0.05, 0.1) is 0 Å². The molecule has 1 rings (SSSR count). The minimum atomic E-state index is -0.332. The van der Waals surface area contributed by atoms with Crippen LogP contribution in [-0.2, 0) is 6.42 Å². The van der Waals surface area contributed by atoms with Crippen molar-refractivity contribution in [1.29, 1.82) is 0 Å². The average molecular weight is 161 g/mol. The summed E-state index contributed by atoms with van der Waals surface area (Å²) in [5.74, 6) is 0. The zero-order chi connectivity index (χ0) is 7.98. The third-order valence-electron chi connectivity index (χ3n) is 0.874. The van der Waals surface area contributed by atoms with Gasteiger partial charge in [-0.3, -0.25) is 0 Å². The Bertz CT molecular complexity index is 174. The molecule has 0 saturated carbocycles. The monoisotopic (exact) mass is 161 g/mol. The lowest BCUT2D eigenvalue weighted by Crippen LogP contribution is -1.64. The molecule has 0 aliphatic heterocycles. The Labute approximate surface area is 64.9 Å². The number of nitrogens with zero attached hydrogens (tertiary/aromatic N) is 1. The van der Waals surface area contributed by atoms with Gasteiger partial charge in [0, 0.05) is 11.1 Å². The van der Waals surface area contributed by atoms with Gasteiger partial charge in [-0.25, -0.2) is 4.98 Å². The van der Waals surface area contributed by atoms with Crippen LogP contribution >= 0.6 is 11.3 Å². The van der Waals surface area contributed by atoms with Gasteiger partial charge in [-0.1, -0.05) is 32.1 Å². The van der Waals surface area contributed by atoms with Gasteiger partial charge in [-0.15, -0.1) is 0 Å². The van der Waals surface area contributed by atoms with E-state index in [1.165, 1.54) is 0 Å². The van der Waals surface area contributed by atoms with E-state index in [-0.39, 0.29) is 5.26 Å². The highest BCUT2D eigenvalue weighted by atomic mass is 32.1. The molecule has 0 bridgehead atoms. The Morgan fingerprint density at radius 3 is 2.40 bits per heavy atom. The standard InChI is InChI=1S/C5H6FNS.C2H6/c1-2-4-3-7-5(6)8-4;1-2/h3H,2H2,1H3;1-2H3. The van der Waals surface area contributed by atoms with E-state index in [2.05, 4.69) is 4.98 Å². The summed E-state index contributed by atoms with van der Waals surface area (Å²) in [6.07, 6.45) is 2.45. The molecule has 0 aliphatic rings. The molecule has 0 amide bonds. The summed E-state index contributed by atoms with van der Waals surface area (Å²) in [6, 6.07) is 0. The maximum absolute atomic E-state index is 12.0. The summed E-state index contributed by atoms with van der Waals surface area (Å²) < 4.78 is 12.0. The first-order valence-electron chi connectivity index (χ1n) is 3.43. The molecule has 0 spiro atoms. The molecular weight excluding hydrogens is 149 g/mol. The molecule has 0 radical (unpaired) electrons. The number of hydrogen-bond donors (Lipinski definition) is 0. The van der Waals surface area contributed by atoms with Gasteiger partial charge in [-0.05, 0) is 6.42 Å². The predicted octanol–water partition coefficient (Wildman–Crippen LogP) is 2.87. The SMILES string of the molecule is CC.CCc1cnc(F)s1. The Balaban J connectivity index is 0.000000371. The molecule has 0 atom stereocenters. The molecule has 58 valence electrons. The molecule has 0 unspecified atom stereocenters. The van der Waals surface area contributed by atoms with Crippen LogP contribution in [0.1, 0.15) is 25.6 Å². The van der Waals surface area contributed by atoms with Crippen molar-refractivity contribution < 1.29 is 4.39 Å². The molecular formula is C7H12FNS. The van der Waals surface area contributed by atoms with Crippen molar-refractivity contribution in [3.05, 3.63) is 16.3 Å². The van der Waals surface area contributed by atoms with Crippen molar-refractivity contribution >= 4 is 11.3 Å². The van der Waals surface area contributed by atoms with Gasteiger partial charge in [0.25, 0.3) is 5.26 Å². The molecule has 3 heteroatoms. The molecule has 1 heterocycles. The molecule has 0 aromatic carbocycles. The van der Waals surface area contributed by atoms with Crippen molar-refractivity contribution in [1.82, 2.24) is 4.98 Å². The van der Waals surface area contributed by atoms with Crippen molar-refractivity contribution in [2.75, 3.05) is 0 Å². The number of aryl methyl sites for hydroxylation is 1. The molecule has 10 heavy (non-hydrogen) atoms. The Kier molecular flexibility index (Phi) is 5.12. The minimum absolute atomic E-state index is 0.332. The number of hydrogen-bond acceptors (Lipinski definition) is 2. The van der Waals surface area contributed by atoms with Crippen LogP contribution in [0.4, 0.5) is 4.39 Å². The second kappa shape index (κ2) is 5.35.